The highest BCUT2D eigenvalue weighted by molar-refractivity contribution is 7.99. The van der Waals surface area contributed by atoms with Gasteiger partial charge in [-0.2, -0.15) is 0 Å². The van der Waals surface area contributed by atoms with Crippen LogP contribution in [0.1, 0.15) is 17.2 Å². The van der Waals surface area contributed by atoms with Gasteiger partial charge in [0.25, 0.3) is 0 Å². The second kappa shape index (κ2) is 10.7. The van der Waals surface area contributed by atoms with Crippen molar-refractivity contribution in [1.29, 1.82) is 0 Å². The van der Waals surface area contributed by atoms with Gasteiger partial charge < -0.3 is 19.9 Å². The molecule has 1 heterocycles. The monoisotopic (exact) mass is 428 g/mol. The molecular formula is C21H24N4O4S. The molecule has 0 fully saturated rings. The van der Waals surface area contributed by atoms with Gasteiger partial charge in [-0.1, -0.05) is 23.9 Å². The maximum Gasteiger partial charge on any atom is 0.221 e. The number of nitrogens with one attached hydrogen (secondary N) is 2. The van der Waals surface area contributed by atoms with Gasteiger partial charge in [-0.05, 0) is 42.0 Å². The van der Waals surface area contributed by atoms with Crippen LogP contribution in [0.5, 0.6) is 11.5 Å². The number of rotatable bonds is 10. The fourth-order valence-corrected chi connectivity index (χ4v) is 3.81. The maximum absolute atomic E-state index is 12.3. The minimum absolute atomic E-state index is 0.0990. The zero-order chi connectivity index (χ0) is 21.3. The summed E-state index contributed by atoms with van der Waals surface area (Å²) < 4.78 is 10.4. The van der Waals surface area contributed by atoms with Crippen LogP contribution < -0.4 is 14.8 Å². The number of H-pyrrole nitrogens is 1. The highest BCUT2D eigenvalue weighted by Crippen LogP contribution is 2.37. The molecule has 0 bridgehead atoms. The van der Waals surface area contributed by atoms with Crippen molar-refractivity contribution in [2.45, 2.75) is 16.8 Å². The molecule has 9 heteroatoms. The standard InChI is InChI=1S/C21H24N4O4S/c1-28-16-7-3-14(4-8-16)18(13-19(27)22-11-12-26)30-21-23-20(24-25-21)15-5-9-17(29-2)10-6-15/h3-10,18,26H,11-13H2,1-2H3,(H,22,27)(H,23,24,25). The fourth-order valence-electron chi connectivity index (χ4n) is 2.79. The van der Waals surface area contributed by atoms with Crippen molar-refractivity contribution in [3.63, 3.8) is 0 Å². The maximum atomic E-state index is 12.3. The lowest BCUT2D eigenvalue weighted by Crippen LogP contribution is -2.27. The molecule has 0 spiro atoms. The number of ether oxygens (including phenoxy) is 2. The molecule has 1 amide bonds. The Labute approximate surface area is 179 Å². The summed E-state index contributed by atoms with van der Waals surface area (Å²) in [5.41, 5.74) is 1.84. The Morgan fingerprint density at radius 1 is 1.10 bits per heavy atom. The number of hydrogen-bond donors (Lipinski definition) is 3. The summed E-state index contributed by atoms with van der Waals surface area (Å²) in [4.78, 5) is 16.8. The van der Waals surface area contributed by atoms with E-state index in [2.05, 4.69) is 20.5 Å². The molecule has 0 saturated heterocycles. The Morgan fingerprint density at radius 3 is 2.33 bits per heavy atom. The van der Waals surface area contributed by atoms with E-state index < -0.39 is 0 Å². The summed E-state index contributed by atoms with van der Waals surface area (Å²) in [6.07, 6.45) is 0.226. The van der Waals surface area contributed by atoms with Crippen LogP contribution in [0.2, 0.25) is 0 Å². The Balaban J connectivity index is 1.77. The molecule has 1 atom stereocenters. The number of aromatic amines is 1. The quantitative estimate of drug-likeness (QED) is 0.426. The number of aromatic nitrogens is 3. The first-order valence-electron chi connectivity index (χ1n) is 9.38. The van der Waals surface area contributed by atoms with E-state index in [1.807, 2.05) is 48.5 Å². The summed E-state index contributed by atoms with van der Waals surface area (Å²) in [7, 11) is 3.23. The van der Waals surface area contributed by atoms with Gasteiger partial charge in [0.05, 0.1) is 20.8 Å². The highest BCUT2D eigenvalue weighted by atomic mass is 32.2. The van der Waals surface area contributed by atoms with E-state index >= 15 is 0 Å². The molecule has 3 N–H and O–H groups in total. The number of thioether (sulfide) groups is 1. The van der Waals surface area contributed by atoms with Crippen molar-refractivity contribution >= 4 is 17.7 Å². The average Bonchev–Trinajstić information content (AvgIpc) is 3.26. The van der Waals surface area contributed by atoms with Crippen LogP contribution in [0, 0.1) is 0 Å². The summed E-state index contributed by atoms with van der Waals surface area (Å²) in [5, 5.41) is 19.2. The first-order valence-corrected chi connectivity index (χ1v) is 10.3. The smallest absolute Gasteiger partial charge is 0.221 e. The second-order valence-electron chi connectivity index (χ2n) is 6.35. The van der Waals surface area contributed by atoms with Crippen LogP contribution in [0.25, 0.3) is 11.4 Å². The average molecular weight is 429 g/mol. The number of amides is 1. The van der Waals surface area contributed by atoms with E-state index in [-0.39, 0.29) is 30.7 Å². The topological polar surface area (TPSA) is 109 Å². The number of carbonyl (C=O) groups is 1. The summed E-state index contributed by atoms with van der Waals surface area (Å²) in [5.74, 6) is 2.00. The lowest BCUT2D eigenvalue weighted by atomic mass is 10.1. The molecule has 2 aromatic carbocycles. The van der Waals surface area contributed by atoms with Crippen molar-refractivity contribution < 1.29 is 19.4 Å². The SMILES string of the molecule is COc1ccc(-c2nc(SC(CC(=O)NCCO)c3ccc(OC)cc3)n[nH]2)cc1. The first-order chi connectivity index (χ1) is 14.6. The predicted octanol–water partition coefficient (Wildman–Crippen LogP) is 2.82. The molecule has 8 nitrogen and oxygen atoms in total. The van der Waals surface area contributed by atoms with E-state index in [0.717, 1.165) is 22.6 Å². The number of carbonyl (C=O) groups excluding carboxylic acids is 1. The minimum atomic E-state index is -0.200. The van der Waals surface area contributed by atoms with E-state index in [1.165, 1.54) is 11.8 Å². The minimum Gasteiger partial charge on any atom is -0.497 e. The number of methoxy groups -OCH3 is 2. The molecular weight excluding hydrogens is 404 g/mol. The molecule has 0 aliphatic carbocycles. The lowest BCUT2D eigenvalue weighted by Gasteiger charge is -2.15. The van der Waals surface area contributed by atoms with Gasteiger partial charge in [-0.15, -0.1) is 5.10 Å². The Morgan fingerprint density at radius 2 is 1.73 bits per heavy atom. The van der Waals surface area contributed by atoms with Crippen LogP contribution in [0.15, 0.2) is 53.7 Å². The van der Waals surface area contributed by atoms with Gasteiger partial charge in [0.15, 0.2) is 5.82 Å². The largest absolute Gasteiger partial charge is 0.497 e. The van der Waals surface area contributed by atoms with Gasteiger partial charge in [0.1, 0.15) is 11.5 Å². The van der Waals surface area contributed by atoms with E-state index in [1.54, 1.807) is 14.2 Å². The van der Waals surface area contributed by atoms with Crippen LogP contribution in [-0.2, 0) is 4.79 Å². The molecule has 1 unspecified atom stereocenters. The first kappa shape index (κ1) is 21.7. The summed E-state index contributed by atoms with van der Waals surface area (Å²) in [6, 6.07) is 15.1. The van der Waals surface area contributed by atoms with Crippen molar-refractivity contribution in [2.24, 2.45) is 0 Å². The van der Waals surface area contributed by atoms with Crippen molar-refractivity contribution in [2.75, 3.05) is 27.4 Å². The van der Waals surface area contributed by atoms with Gasteiger partial charge in [-0.25, -0.2) is 4.98 Å². The number of hydrogen-bond acceptors (Lipinski definition) is 7. The molecule has 3 aromatic rings. The zero-order valence-corrected chi connectivity index (χ0v) is 17.6. The van der Waals surface area contributed by atoms with Crippen molar-refractivity contribution in [1.82, 2.24) is 20.5 Å². The van der Waals surface area contributed by atoms with Gasteiger partial charge in [0, 0.05) is 23.8 Å². The van der Waals surface area contributed by atoms with E-state index in [0.29, 0.717) is 11.0 Å². The van der Waals surface area contributed by atoms with Crippen LogP contribution in [0.3, 0.4) is 0 Å². The molecule has 0 saturated carbocycles. The summed E-state index contributed by atoms with van der Waals surface area (Å²) >= 11 is 1.40. The van der Waals surface area contributed by atoms with Gasteiger partial charge in [0.2, 0.25) is 11.1 Å². The second-order valence-corrected chi connectivity index (χ2v) is 7.52. The predicted molar refractivity (Wildman–Crippen MR) is 115 cm³/mol. The Bertz CT molecular complexity index is 944. The van der Waals surface area contributed by atoms with Crippen molar-refractivity contribution in [3.8, 4) is 22.9 Å². The summed E-state index contributed by atoms with van der Waals surface area (Å²) in [6.45, 7) is 0.124. The third-order valence-electron chi connectivity index (χ3n) is 4.37. The van der Waals surface area contributed by atoms with Crippen LogP contribution in [0.4, 0.5) is 0 Å². The van der Waals surface area contributed by atoms with Crippen LogP contribution >= 0.6 is 11.8 Å². The van der Waals surface area contributed by atoms with Gasteiger partial charge >= 0.3 is 0 Å². The number of aliphatic hydroxyl groups is 1. The zero-order valence-electron chi connectivity index (χ0n) is 16.8. The number of benzene rings is 2. The highest BCUT2D eigenvalue weighted by Gasteiger charge is 2.20. The van der Waals surface area contributed by atoms with Gasteiger partial charge in [-0.3, -0.25) is 9.89 Å². The molecule has 0 aliphatic rings. The number of aliphatic hydroxyl groups excluding tert-OH is 1. The molecule has 1 aromatic heterocycles. The Hall–Kier alpha value is -3.04. The molecule has 0 radical (unpaired) electrons. The normalized spacial score (nSPS) is 11.7. The van der Waals surface area contributed by atoms with E-state index in [9.17, 15) is 4.79 Å². The van der Waals surface area contributed by atoms with Crippen molar-refractivity contribution in [3.05, 3.63) is 54.1 Å². The number of nitrogens with zero attached hydrogens (tertiary/aromatic N) is 2. The Kier molecular flexibility index (Phi) is 7.69. The third-order valence-corrected chi connectivity index (χ3v) is 5.49. The van der Waals surface area contributed by atoms with E-state index in [4.69, 9.17) is 14.6 Å². The lowest BCUT2D eigenvalue weighted by molar-refractivity contribution is -0.121. The molecule has 3 rings (SSSR count). The fraction of sp³-hybridized carbons (Fsp3) is 0.286. The molecule has 30 heavy (non-hydrogen) atoms. The third kappa shape index (κ3) is 5.74. The van der Waals surface area contributed by atoms with Crippen LogP contribution in [-0.4, -0.2) is 53.6 Å². The molecule has 0 aliphatic heterocycles. The molecule has 158 valence electrons.